The second-order valence-corrected chi connectivity index (χ2v) is 4.82. The number of rotatable bonds is 5. The van der Waals surface area contributed by atoms with Gasteiger partial charge >= 0.3 is 0 Å². The Balaban J connectivity index is 2.02. The summed E-state index contributed by atoms with van der Waals surface area (Å²) in [6, 6.07) is 11.2. The van der Waals surface area contributed by atoms with Crippen LogP contribution in [0.25, 0.3) is 0 Å². The fourth-order valence-electron chi connectivity index (χ4n) is 1.88. The largest absolute Gasteiger partial charge is 0.467 e. The third-order valence-electron chi connectivity index (χ3n) is 3.34. The van der Waals surface area contributed by atoms with E-state index in [9.17, 15) is 4.79 Å². The Morgan fingerprint density at radius 3 is 2.82 bits per heavy atom. The van der Waals surface area contributed by atoms with Crippen molar-refractivity contribution in [2.24, 2.45) is 0 Å². The van der Waals surface area contributed by atoms with Gasteiger partial charge in [0.15, 0.2) is 0 Å². The molecular weight excluding hydrogens is 278 g/mol. The minimum atomic E-state index is -0.447. The molecule has 0 aliphatic rings. The minimum Gasteiger partial charge on any atom is -0.467 e. The van der Waals surface area contributed by atoms with Gasteiger partial charge in [-0.1, -0.05) is 12.1 Å². The van der Waals surface area contributed by atoms with Gasteiger partial charge in [0.25, 0.3) is 5.91 Å². The molecule has 2 N–H and O–H groups in total. The van der Waals surface area contributed by atoms with Crippen molar-refractivity contribution in [1.82, 2.24) is 5.32 Å². The van der Waals surface area contributed by atoms with Gasteiger partial charge in [-0.05, 0) is 43.2 Å². The highest BCUT2D eigenvalue weighted by atomic mass is 16.3. The van der Waals surface area contributed by atoms with Crippen molar-refractivity contribution in [1.29, 1.82) is 5.26 Å². The molecule has 0 unspecified atom stereocenters. The maximum absolute atomic E-state index is 12.0. The van der Waals surface area contributed by atoms with E-state index in [0.717, 1.165) is 16.8 Å². The predicted molar refractivity (Wildman–Crippen MR) is 83.8 cm³/mol. The van der Waals surface area contributed by atoms with Crippen LogP contribution in [0, 0.1) is 25.2 Å². The molecular formula is C17H17N3O2. The molecule has 1 aromatic heterocycles. The second kappa shape index (κ2) is 7.14. The van der Waals surface area contributed by atoms with Crippen LogP contribution in [-0.4, -0.2) is 5.91 Å². The molecule has 0 fully saturated rings. The van der Waals surface area contributed by atoms with Crippen LogP contribution in [0.15, 0.2) is 52.8 Å². The van der Waals surface area contributed by atoms with Gasteiger partial charge in [0.05, 0.1) is 12.8 Å². The Bertz CT molecular complexity index is 725. The highest BCUT2D eigenvalue weighted by Gasteiger charge is 2.09. The Morgan fingerprint density at radius 1 is 1.32 bits per heavy atom. The van der Waals surface area contributed by atoms with Crippen LogP contribution >= 0.6 is 0 Å². The monoisotopic (exact) mass is 295 g/mol. The van der Waals surface area contributed by atoms with Gasteiger partial charge in [-0.3, -0.25) is 4.79 Å². The number of nitrogens with zero attached hydrogens (tertiary/aromatic N) is 1. The first-order valence-corrected chi connectivity index (χ1v) is 6.85. The van der Waals surface area contributed by atoms with Gasteiger partial charge in [-0.2, -0.15) is 5.26 Å². The molecule has 0 spiro atoms. The molecule has 112 valence electrons. The van der Waals surface area contributed by atoms with E-state index in [0.29, 0.717) is 5.76 Å². The Hall–Kier alpha value is -3.00. The summed E-state index contributed by atoms with van der Waals surface area (Å²) in [7, 11) is 0. The predicted octanol–water partition coefficient (Wildman–Crippen LogP) is 3.03. The summed E-state index contributed by atoms with van der Waals surface area (Å²) in [4.78, 5) is 12.0. The van der Waals surface area contributed by atoms with E-state index in [1.165, 1.54) is 12.5 Å². The number of aryl methyl sites for hydroxylation is 1. The first kappa shape index (κ1) is 15.4. The SMILES string of the molecule is Cc1cccc(N/C=C(/C#N)C(=O)NCc2ccco2)c1C. The average molecular weight is 295 g/mol. The summed E-state index contributed by atoms with van der Waals surface area (Å²) in [5.41, 5.74) is 3.09. The molecule has 0 aliphatic carbocycles. The van der Waals surface area contributed by atoms with E-state index in [1.807, 2.05) is 38.1 Å². The zero-order valence-electron chi connectivity index (χ0n) is 12.5. The molecule has 0 bridgehead atoms. The molecule has 1 heterocycles. The zero-order chi connectivity index (χ0) is 15.9. The number of anilines is 1. The number of amides is 1. The summed E-state index contributed by atoms with van der Waals surface area (Å²) >= 11 is 0. The van der Waals surface area contributed by atoms with Gasteiger partial charge in [-0.15, -0.1) is 0 Å². The fraction of sp³-hybridized carbons (Fsp3) is 0.176. The molecule has 0 saturated carbocycles. The fourth-order valence-corrected chi connectivity index (χ4v) is 1.88. The van der Waals surface area contributed by atoms with Crippen LogP contribution in [0.1, 0.15) is 16.9 Å². The summed E-state index contributed by atoms with van der Waals surface area (Å²) < 4.78 is 5.12. The highest BCUT2D eigenvalue weighted by Crippen LogP contribution is 2.18. The maximum Gasteiger partial charge on any atom is 0.263 e. The van der Waals surface area contributed by atoms with Crippen LogP contribution in [0.3, 0.4) is 0 Å². The van der Waals surface area contributed by atoms with E-state index in [2.05, 4.69) is 10.6 Å². The molecule has 1 amide bonds. The van der Waals surface area contributed by atoms with E-state index < -0.39 is 5.91 Å². The van der Waals surface area contributed by atoms with Crippen molar-refractivity contribution in [3.63, 3.8) is 0 Å². The first-order chi connectivity index (χ1) is 10.6. The molecule has 1 aromatic carbocycles. The van der Waals surface area contributed by atoms with Crippen molar-refractivity contribution in [3.05, 3.63) is 65.3 Å². The number of carbonyl (C=O) groups is 1. The van der Waals surface area contributed by atoms with Gasteiger partial charge < -0.3 is 15.1 Å². The summed E-state index contributed by atoms with van der Waals surface area (Å²) in [5.74, 6) is 0.185. The zero-order valence-corrected chi connectivity index (χ0v) is 12.5. The Kier molecular flexibility index (Phi) is 4.99. The van der Waals surface area contributed by atoms with Crippen molar-refractivity contribution in [3.8, 4) is 6.07 Å². The van der Waals surface area contributed by atoms with Crippen LogP contribution in [0.4, 0.5) is 5.69 Å². The van der Waals surface area contributed by atoms with Crippen molar-refractivity contribution in [2.75, 3.05) is 5.32 Å². The molecule has 22 heavy (non-hydrogen) atoms. The van der Waals surface area contributed by atoms with Crippen molar-refractivity contribution >= 4 is 11.6 Å². The molecule has 0 aliphatic heterocycles. The van der Waals surface area contributed by atoms with E-state index in [1.54, 1.807) is 12.1 Å². The van der Waals surface area contributed by atoms with E-state index >= 15 is 0 Å². The molecule has 5 nitrogen and oxygen atoms in total. The Morgan fingerprint density at radius 2 is 2.14 bits per heavy atom. The van der Waals surface area contributed by atoms with Gasteiger partial charge in [0, 0.05) is 11.9 Å². The Labute approximate surface area is 129 Å². The lowest BCUT2D eigenvalue weighted by molar-refractivity contribution is -0.117. The van der Waals surface area contributed by atoms with Crippen molar-refractivity contribution in [2.45, 2.75) is 20.4 Å². The van der Waals surface area contributed by atoms with Gasteiger partial charge in [-0.25, -0.2) is 0 Å². The number of nitriles is 1. The average Bonchev–Trinajstić information content (AvgIpc) is 3.03. The molecule has 2 rings (SSSR count). The standard InChI is InChI=1S/C17H17N3O2/c1-12-5-3-7-16(13(12)2)19-10-14(9-18)17(21)20-11-15-6-4-8-22-15/h3-8,10,19H,11H2,1-2H3,(H,20,21)/b14-10-. The van der Waals surface area contributed by atoms with Gasteiger partial charge in [0.1, 0.15) is 17.4 Å². The highest BCUT2D eigenvalue weighted by molar-refractivity contribution is 5.97. The summed E-state index contributed by atoms with van der Waals surface area (Å²) in [6.45, 7) is 4.23. The number of hydrogen-bond donors (Lipinski definition) is 2. The smallest absolute Gasteiger partial charge is 0.263 e. The van der Waals surface area contributed by atoms with E-state index in [4.69, 9.17) is 9.68 Å². The lowest BCUT2D eigenvalue weighted by Crippen LogP contribution is -2.24. The second-order valence-electron chi connectivity index (χ2n) is 4.82. The molecule has 0 atom stereocenters. The molecule has 0 saturated heterocycles. The first-order valence-electron chi connectivity index (χ1n) is 6.85. The van der Waals surface area contributed by atoms with Crippen LogP contribution in [0.5, 0.6) is 0 Å². The van der Waals surface area contributed by atoms with E-state index in [-0.39, 0.29) is 12.1 Å². The summed E-state index contributed by atoms with van der Waals surface area (Å²) in [5, 5.41) is 14.8. The normalized spacial score (nSPS) is 10.9. The minimum absolute atomic E-state index is 0.00691. The van der Waals surface area contributed by atoms with Gasteiger partial charge in [0.2, 0.25) is 0 Å². The van der Waals surface area contributed by atoms with Crippen LogP contribution in [0.2, 0.25) is 0 Å². The quantitative estimate of drug-likeness (QED) is 0.656. The van der Waals surface area contributed by atoms with Crippen LogP contribution < -0.4 is 10.6 Å². The molecule has 0 radical (unpaired) electrons. The number of nitrogens with one attached hydrogen (secondary N) is 2. The number of hydrogen-bond acceptors (Lipinski definition) is 4. The number of benzene rings is 1. The topological polar surface area (TPSA) is 78.1 Å². The number of carbonyl (C=O) groups excluding carboxylic acids is 1. The maximum atomic E-state index is 12.0. The molecule has 5 heteroatoms. The number of furan rings is 1. The third-order valence-corrected chi connectivity index (χ3v) is 3.34. The lowest BCUT2D eigenvalue weighted by atomic mass is 10.1. The van der Waals surface area contributed by atoms with Crippen LogP contribution in [-0.2, 0) is 11.3 Å². The lowest BCUT2D eigenvalue weighted by Gasteiger charge is -2.08. The van der Waals surface area contributed by atoms with Crippen molar-refractivity contribution < 1.29 is 9.21 Å². The molecule has 2 aromatic rings. The third kappa shape index (κ3) is 3.76. The summed E-state index contributed by atoms with van der Waals surface area (Å²) in [6.07, 6.45) is 2.95.